The maximum absolute atomic E-state index is 13.7. The van der Waals surface area contributed by atoms with Gasteiger partial charge in [-0.25, -0.2) is 23.4 Å². The van der Waals surface area contributed by atoms with E-state index in [1.165, 1.54) is 28.6 Å². The van der Waals surface area contributed by atoms with E-state index in [0.717, 1.165) is 18.2 Å². The minimum atomic E-state index is -1.06. The number of nitrogens with one attached hydrogen (secondary N) is 1. The molecule has 188 valence electrons. The monoisotopic (exact) mass is 506 g/mol. The van der Waals surface area contributed by atoms with Crippen LogP contribution in [0.3, 0.4) is 0 Å². The van der Waals surface area contributed by atoms with Crippen molar-refractivity contribution in [1.29, 1.82) is 0 Å². The number of thioether (sulfide) groups is 1. The summed E-state index contributed by atoms with van der Waals surface area (Å²) in [6.45, 7) is 1.98. The van der Waals surface area contributed by atoms with Crippen LogP contribution in [0.25, 0.3) is 11.2 Å². The molecule has 4 N–H and O–H groups in total. The van der Waals surface area contributed by atoms with Gasteiger partial charge in [0, 0.05) is 30.4 Å². The fraction of sp³-hybridized carbons (Fsp3) is 0.565. The largest absolute Gasteiger partial charge is 0.396 e. The smallest absolute Gasteiger partial charge is 0.191 e. The molecule has 0 radical (unpaired) electrons. The number of benzene rings is 1. The summed E-state index contributed by atoms with van der Waals surface area (Å²) in [5, 5.41) is 42.8. The summed E-state index contributed by atoms with van der Waals surface area (Å²) in [4.78, 5) is 9.28. The molecule has 12 heteroatoms. The number of hydrogen-bond donors (Lipinski definition) is 4. The van der Waals surface area contributed by atoms with E-state index in [1.807, 2.05) is 0 Å². The lowest BCUT2D eigenvalue weighted by Crippen LogP contribution is -2.30. The molecule has 35 heavy (non-hydrogen) atoms. The molecule has 0 aliphatic heterocycles. The molecule has 2 saturated carbocycles. The van der Waals surface area contributed by atoms with Gasteiger partial charge in [-0.05, 0) is 49.3 Å². The number of aliphatic hydroxyl groups is 3. The Balaban J connectivity index is 1.45. The van der Waals surface area contributed by atoms with Crippen molar-refractivity contribution in [1.82, 2.24) is 25.0 Å². The van der Waals surface area contributed by atoms with Gasteiger partial charge < -0.3 is 20.6 Å². The molecule has 2 heterocycles. The van der Waals surface area contributed by atoms with Gasteiger partial charge in [-0.2, -0.15) is 0 Å². The van der Waals surface area contributed by atoms with E-state index in [0.29, 0.717) is 47.0 Å². The van der Waals surface area contributed by atoms with E-state index >= 15 is 0 Å². The fourth-order valence-corrected chi connectivity index (χ4v) is 5.57. The Bertz CT molecular complexity index is 1190. The summed E-state index contributed by atoms with van der Waals surface area (Å²) in [5.41, 5.74) is 1.46. The Morgan fingerprint density at radius 1 is 1.11 bits per heavy atom. The first-order valence-corrected chi connectivity index (χ1v) is 12.8. The molecule has 6 atom stereocenters. The third-order valence-electron chi connectivity index (χ3n) is 6.75. The molecule has 3 aromatic rings. The Hall–Kier alpha value is -2.41. The van der Waals surface area contributed by atoms with Crippen LogP contribution in [0.15, 0.2) is 23.4 Å². The van der Waals surface area contributed by atoms with E-state index in [4.69, 9.17) is 0 Å². The molecular formula is C23H28F2N6O3S. The molecule has 2 aliphatic carbocycles. The van der Waals surface area contributed by atoms with Crippen molar-refractivity contribution in [3.63, 3.8) is 0 Å². The molecular weight excluding hydrogens is 478 g/mol. The van der Waals surface area contributed by atoms with Crippen molar-refractivity contribution in [2.75, 3.05) is 17.7 Å². The van der Waals surface area contributed by atoms with Gasteiger partial charge in [0.1, 0.15) is 17.7 Å². The van der Waals surface area contributed by atoms with Crippen molar-refractivity contribution in [2.24, 2.45) is 5.92 Å². The number of anilines is 1. The molecule has 6 unspecified atom stereocenters. The second kappa shape index (κ2) is 9.92. The van der Waals surface area contributed by atoms with E-state index in [2.05, 4.69) is 32.5 Å². The Morgan fingerprint density at radius 2 is 1.89 bits per heavy atom. The van der Waals surface area contributed by atoms with Crippen molar-refractivity contribution in [3.05, 3.63) is 35.4 Å². The van der Waals surface area contributed by atoms with Gasteiger partial charge in [0.2, 0.25) is 0 Å². The molecule has 0 saturated heterocycles. The molecule has 9 nitrogen and oxygen atoms in total. The van der Waals surface area contributed by atoms with Gasteiger partial charge in [0.05, 0.1) is 12.1 Å². The highest BCUT2D eigenvalue weighted by Gasteiger charge is 2.44. The molecule has 0 spiro atoms. The normalized spacial score (nSPS) is 28.1. The summed E-state index contributed by atoms with van der Waals surface area (Å²) in [5.74, 6) is -0.236. The average Bonchev–Trinajstić information content (AvgIpc) is 3.38. The van der Waals surface area contributed by atoms with Crippen LogP contribution in [0.4, 0.5) is 14.6 Å². The van der Waals surface area contributed by atoms with Crippen molar-refractivity contribution in [3.8, 4) is 0 Å². The van der Waals surface area contributed by atoms with Gasteiger partial charge in [-0.3, -0.25) is 0 Å². The third kappa shape index (κ3) is 4.84. The zero-order valence-corrected chi connectivity index (χ0v) is 20.0. The predicted octanol–water partition coefficient (Wildman–Crippen LogP) is 2.63. The Labute approximate surface area is 205 Å². The van der Waals surface area contributed by atoms with Gasteiger partial charge in [-0.15, -0.1) is 5.10 Å². The highest BCUT2D eigenvalue weighted by molar-refractivity contribution is 7.99. The lowest BCUT2D eigenvalue weighted by Gasteiger charge is -2.17. The highest BCUT2D eigenvalue weighted by atomic mass is 32.2. The summed E-state index contributed by atoms with van der Waals surface area (Å²) < 4.78 is 28.9. The van der Waals surface area contributed by atoms with Crippen LogP contribution in [0.5, 0.6) is 0 Å². The van der Waals surface area contributed by atoms with Crippen LogP contribution in [0, 0.1) is 17.6 Å². The maximum Gasteiger partial charge on any atom is 0.191 e. The molecule has 0 amide bonds. The van der Waals surface area contributed by atoms with Crippen LogP contribution in [0.2, 0.25) is 0 Å². The van der Waals surface area contributed by atoms with Gasteiger partial charge in [0.15, 0.2) is 22.1 Å². The van der Waals surface area contributed by atoms with E-state index in [1.54, 1.807) is 0 Å². The van der Waals surface area contributed by atoms with Crippen LogP contribution in [-0.4, -0.2) is 70.9 Å². The zero-order chi connectivity index (χ0) is 24.7. The van der Waals surface area contributed by atoms with E-state index < -0.39 is 29.9 Å². The number of aromatic nitrogens is 5. The molecule has 5 rings (SSSR count). The number of fused-ring (bicyclic) bond motifs is 1. The predicted molar refractivity (Wildman–Crippen MR) is 126 cm³/mol. The van der Waals surface area contributed by atoms with E-state index in [-0.39, 0.29) is 24.5 Å². The number of hydrogen-bond acceptors (Lipinski definition) is 9. The second-order valence-electron chi connectivity index (χ2n) is 9.26. The van der Waals surface area contributed by atoms with E-state index in [9.17, 15) is 24.1 Å². The van der Waals surface area contributed by atoms with Crippen molar-refractivity contribution < 1.29 is 24.1 Å². The van der Waals surface area contributed by atoms with Gasteiger partial charge in [-0.1, -0.05) is 23.9 Å². The van der Waals surface area contributed by atoms with Crippen molar-refractivity contribution in [2.45, 2.75) is 68.0 Å². The molecule has 2 fully saturated rings. The SMILES string of the molecule is CCCSc1nc(NC2CC2c2cc(F)cc(F)c2)c2nnn(C3CC(CCO)C(O)C3O)c2n1. The molecule has 1 aromatic carbocycles. The maximum atomic E-state index is 13.7. The molecule has 2 aromatic heterocycles. The summed E-state index contributed by atoms with van der Waals surface area (Å²) >= 11 is 1.49. The topological polar surface area (TPSA) is 129 Å². The van der Waals surface area contributed by atoms with Gasteiger partial charge >= 0.3 is 0 Å². The Kier molecular flexibility index (Phi) is 6.88. The average molecular weight is 507 g/mol. The first-order valence-electron chi connectivity index (χ1n) is 11.8. The highest BCUT2D eigenvalue weighted by Crippen LogP contribution is 2.44. The number of nitrogens with zero attached hydrogens (tertiary/aromatic N) is 5. The fourth-order valence-electron chi connectivity index (χ4n) is 4.87. The minimum absolute atomic E-state index is 0.0574. The molecule has 2 aliphatic rings. The van der Waals surface area contributed by atoms with Crippen molar-refractivity contribution >= 4 is 28.7 Å². The van der Waals surface area contributed by atoms with Crippen LogP contribution < -0.4 is 5.32 Å². The number of rotatable bonds is 9. The zero-order valence-electron chi connectivity index (χ0n) is 19.2. The van der Waals surface area contributed by atoms with Crippen LogP contribution in [-0.2, 0) is 0 Å². The number of halogens is 2. The minimum Gasteiger partial charge on any atom is -0.396 e. The number of aliphatic hydroxyl groups excluding tert-OH is 3. The lowest BCUT2D eigenvalue weighted by molar-refractivity contribution is 0.00107. The van der Waals surface area contributed by atoms with Crippen LogP contribution >= 0.6 is 11.8 Å². The lowest BCUT2D eigenvalue weighted by atomic mass is 10.0. The summed E-state index contributed by atoms with van der Waals surface area (Å²) in [7, 11) is 0. The Morgan fingerprint density at radius 3 is 2.60 bits per heavy atom. The summed E-state index contributed by atoms with van der Waals surface area (Å²) in [6, 6.07) is 2.94. The quantitative estimate of drug-likeness (QED) is 0.256. The molecule has 0 bridgehead atoms. The summed E-state index contributed by atoms with van der Waals surface area (Å²) in [6.07, 6.45) is 0.393. The van der Waals surface area contributed by atoms with Gasteiger partial charge in [0.25, 0.3) is 0 Å². The first kappa shape index (κ1) is 24.3. The second-order valence-corrected chi connectivity index (χ2v) is 10.3. The first-order chi connectivity index (χ1) is 16.9. The standard InChI is InChI=1S/C23H28F2N6O3S/c1-2-5-35-23-27-21(26-16-10-15(16)12-6-13(24)9-14(25)7-12)18-22(28-23)31(30-29-18)17-8-11(3-4-32)19(33)20(17)34/h6-7,9,11,15-17,19-20,32-34H,2-5,8,10H2,1H3,(H,26,27,28). The third-order valence-corrected chi connectivity index (χ3v) is 7.80. The van der Waals surface area contributed by atoms with Crippen LogP contribution in [0.1, 0.15) is 50.1 Å².